The monoisotopic (exact) mass is 168 g/mol. The molecule has 0 bridgehead atoms. The Bertz CT molecular complexity index is 245. The molecule has 0 radical (unpaired) electrons. The van der Waals surface area contributed by atoms with E-state index in [4.69, 9.17) is 15.3 Å². The molecule has 3 heteroatoms. The van der Waals surface area contributed by atoms with Crippen molar-refractivity contribution in [3.63, 3.8) is 0 Å². The molecule has 3 N–H and O–H groups in total. The van der Waals surface area contributed by atoms with Crippen LogP contribution in [0.5, 0.6) is 5.75 Å². The van der Waals surface area contributed by atoms with Gasteiger partial charge in [-0.1, -0.05) is 12.1 Å². The van der Waals surface area contributed by atoms with Gasteiger partial charge >= 0.3 is 0 Å². The van der Waals surface area contributed by atoms with Crippen molar-refractivity contribution >= 4 is 0 Å². The van der Waals surface area contributed by atoms with E-state index in [0.29, 0.717) is 0 Å². The first kappa shape index (κ1) is 9.03. The zero-order valence-electron chi connectivity index (χ0n) is 6.86. The van der Waals surface area contributed by atoms with E-state index in [1.807, 2.05) is 0 Å². The van der Waals surface area contributed by atoms with Crippen LogP contribution in [0.3, 0.4) is 0 Å². The number of phenolic OH excluding ortho intramolecular Hbond substituents is 1. The molecule has 0 heterocycles. The highest BCUT2D eigenvalue weighted by Gasteiger charge is 2.15. The van der Waals surface area contributed by atoms with Gasteiger partial charge in [-0.15, -0.1) is 0 Å². The molecule has 0 aliphatic rings. The van der Waals surface area contributed by atoms with Crippen molar-refractivity contribution in [3.8, 4) is 5.75 Å². The number of hydrogen-bond donors (Lipinski definition) is 3. The van der Waals surface area contributed by atoms with E-state index in [2.05, 4.69) is 0 Å². The zero-order valence-corrected chi connectivity index (χ0v) is 6.86. The second-order valence-electron chi connectivity index (χ2n) is 3.06. The normalized spacial score (nSPS) is 11.6. The summed E-state index contributed by atoms with van der Waals surface area (Å²) >= 11 is 0. The van der Waals surface area contributed by atoms with Crippen molar-refractivity contribution in [2.24, 2.45) is 0 Å². The maximum absolute atomic E-state index is 9.03. The molecular weight excluding hydrogens is 156 g/mol. The third-order valence-corrected chi connectivity index (χ3v) is 1.48. The fourth-order valence-corrected chi connectivity index (χ4v) is 1.00. The Labute approximate surface area is 70.9 Å². The zero-order chi connectivity index (χ0) is 9.19. The van der Waals surface area contributed by atoms with Crippen LogP contribution in [0.1, 0.15) is 12.5 Å². The molecule has 0 saturated carbocycles. The van der Waals surface area contributed by atoms with Crippen molar-refractivity contribution in [3.05, 3.63) is 29.8 Å². The fourth-order valence-electron chi connectivity index (χ4n) is 1.00. The maximum atomic E-state index is 9.03. The minimum absolute atomic E-state index is 0.160. The molecule has 0 unspecified atom stereocenters. The summed E-state index contributed by atoms with van der Waals surface area (Å²) in [5.41, 5.74) is 0.778. The number of benzene rings is 1. The molecule has 0 atom stereocenters. The van der Waals surface area contributed by atoms with Crippen molar-refractivity contribution in [2.75, 3.05) is 0 Å². The number of phenols is 1. The number of aromatic hydroxyl groups is 1. The second kappa shape index (κ2) is 3.13. The lowest BCUT2D eigenvalue weighted by Gasteiger charge is -2.15. The fraction of sp³-hybridized carbons (Fsp3) is 0.333. The molecule has 0 amide bonds. The van der Waals surface area contributed by atoms with E-state index in [0.717, 1.165) is 5.56 Å². The lowest BCUT2D eigenvalue weighted by atomic mass is 10.1. The van der Waals surface area contributed by atoms with Gasteiger partial charge in [-0.3, -0.25) is 0 Å². The minimum Gasteiger partial charge on any atom is -0.508 e. The van der Waals surface area contributed by atoms with Gasteiger partial charge in [0.05, 0.1) is 0 Å². The molecule has 66 valence electrons. The smallest absolute Gasteiger partial charge is 0.163 e. The van der Waals surface area contributed by atoms with Crippen LogP contribution in [0.15, 0.2) is 24.3 Å². The van der Waals surface area contributed by atoms with E-state index < -0.39 is 5.79 Å². The molecular formula is C9H12O3. The first-order chi connectivity index (χ1) is 5.47. The summed E-state index contributed by atoms with van der Waals surface area (Å²) in [5.74, 6) is -1.51. The van der Waals surface area contributed by atoms with Gasteiger partial charge in [-0.05, 0) is 24.6 Å². The van der Waals surface area contributed by atoms with Crippen LogP contribution in [0.25, 0.3) is 0 Å². The molecule has 0 spiro atoms. The summed E-state index contributed by atoms with van der Waals surface area (Å²) in [6, 6.07) is 6.34. The lowest BCUT2D eigenvalue weighted by molar-refractivity contribution is -0.142. The van der Waals surface area contributed by atoms with E-state index in [1.165, 1.54) is 19.1 Å². The molecule has 1 rings (SSSR count). The Morgan fingerprint density at radius 2 is 1.67 bits per heavy atom. The number of rotatable bonds is 2. The molecule has 3 nitrogen and oxygen atoms in total. The van der Waals surface area contributed by atoms with E-state index in [9.17, 15) is 0 Å². The Balaban J connectivity index is 2.71. The summed E-state index contributed by atoms with van der Waals surface area (Å²) < 4.78 is 0. The summed E-state index contributed by atoms with van der Waals surface area (Å²) in [6.45, 7) is 1.32. The van der Waals surface area contributed by atoms with E-state index in [1.54, 1.807) is 12.1 Å². The first-order valence-electron chi connectivity index (χ1n) is 3.70. The van der Waals surface area contributed by atoms with Crippen LogP contribution in [0.2, 0.25) is 0 Å². The van der Waals surface area contributed by atoms with Gasteiger partial charge in [-0.2, -0.15) is 0 Å². The lowest BCUT2D eigenvalue weighted by Crippen LogP contribution is -2.25. The van der Waals surface area contributed by atoms with Gasteiger partial charge in [0.25, 0.3) is 0 Å². The van der Waals surface area contributed by atoms with Crippen molar-refractivity contribution in [1.29, 1.82) is 0 Å². The van der Waals surface area contributed by atoms with Crippen LogP contribution in [-0.2, 0) is 6.42 Å². The molecule has 1 aromatic carbocycles. The third-order valence-electron chi connectivity index (χ3n) is 1.48. The highest BCUT2D eigenvalue weighted by Crippen LogP contribution is 2.13. The Kier molecular flexibility index (Phi) is 2.35. The third kappa shape index (κ3) is 2.90. The van der Waals surface area contributed by atoms with E-state index in [-0.39, 0.29) is 12.2 Å². The quantitative estimate of drug-likeness (QED) is 0.568. The average molecular weight is 168 g/mol. The highest BCUT2D eigenvalue weighted by molar-refractivity contribution is 5.26. The van der Waals surface area contributed by atoms with Gasteiger partial charge in [0.15, 0.2) is 5.79 Å². The number of aliphatic hydroxyl groups is 2. The Morgan fingerprint density at radius 3 is 2.08 bits per heavy atom. The molecule has 0 aliphatic heterocycles. The van der Waals surface area contributed by atoms with Gasteiger partial charge in [-0.25, -0.2) is 0 Å². The standard InChI is InChI=1S/C9H12O3/c1-9(11,12)6-7-2-4-8(10)5-3-7/h2-5,10-12H,6H2,1H3. The molecule has 0 aromatic heterocycles. The van der Waals surface area contributed by atoms with Crippen LogP contribution in [0.4, 0.5) is 0 Å². The van der Waals surface area contributed by atoms with Crippen molar-refractivity contribution in [2.45, 2.75) is 19.1 Å². The summed E-state index contributed by atoms with van der Waals surface area (Å²) in [7, 11) is 0. The SMILES string of the molecule is CC(O)(O)Cc1ccc(O)cc1. The summed E-state index contributed by atoms with van der Waals surface area (Å²) in [4.78, 5) is 0. The van der Waals surface area contributed by atoms with Gasteiger partial charge in [0.1, 0.15) is 5.75 Å². The first-order valence-corrected chi connectivity index (χ1v) is 3.70. The Morgan fingerprint density at radius 1 is 1.17 bits per heavy atom. The summed E-state index contributed by atoms with van der Waals surface area (Å²) in [6.07, 6.45) is 0.160. The highest BCUT2D eigenvalue weighted by atomic mass is 16.5. The van der Waals surface area contributed by atoms with Crippen molar-refractivity contribution < 1.29 is 15.3 Å². The van der Waals surface area contributed by atoms with E-state index >= 15 is 0 Å². The predicted octanol–water partition coefficient (Wildman–Crippen LogP) is 0.636. The molecule has 0 saturated heterocycles. The number of hydrogen-bond acceptors (Lipinski definition) is 3. The van der Waals surface area contributed by atoms with Crippen LogP contribution >= 0.6 is 0 Å². The second-order valence-corrected chi connectivity index (χ2v) is 3.06. The molecule has 1 aromatic rings. The van der Waals surface area contributed by atoms with Crippen LogP contribution in [0, 0.1) is 0 Å². The van der Waals surface area contributed by atoms with Gasteiger partial charge < -0.3 is 15.3 Å². The van der Waals surface area contributed by atoms with Crippen LogP contribution < -0.4 is 0 Å². The summed E-state index contributed by atoms with van der Waals surface area (Å²) in [5, 5.41) is 27.0. The molecule has 0 fully saturated rings. The average Bonchev–Trinajstić information content (AvgIpc) is 1.91. The topological polar surface area (TPSA) is 60.7 Å². The van der Waals surface area contributed by atoms with Gasteiger partial charge in [0.2, 0.25) is 0 Å². The molecule has 12 heavy (non-hydrogen) atoms. The largest absolute Gasteiger partial charge is 0.508 e. The maximum Gasteiger partial charge on any atom is 0.163 e. The Hall–Kier alpha value is -1.06. The molecule has 0 aliphatic carbocycles. The van der Waals surface area contributed by atoms with Crippen molar-refractivity contribution in [1.82, 2.24) is 0 Å². The van der Waals surface area contributed by atoms with Crippen LogP contribution in [-0.4, -0.2) is 21.1 Å². The van der Waals surface area contributed by atoms with Gasteiger partial charge in [0, 0.05) is 6.42 Å². The minimum atomic E-state index is -1.68. The predicted molar refractivity (Wildman–Crippen MR) is 44.7 cm³/mol.